The van der Waals surface area contributed by atoms with Gasteiger partial charge in [-0.25, -0.2) is 4.79 Å². The lowest BCUT2D eigenvalue weighted by Gasteiger charge is -2.19. The van der Waals surface area contributed by atoms with E-state index in [1.165, 1.54) is 0 Å². The normalized spacial score (nSPS) is 10.4. The van der Waals surface area contributed by atoms with Crippen molar-refractivity contribution < 1.29 is 9.53 Å². The van der Waals surface area contributed by atoms with E-state index in [1.807, 2.05) is 75.4 Å². The second-order valence-electron chi connectivity index (χ2n) is 6.52. The van der Waals surface area contributed by atoms with Gasteiger partial charge in [0.25, 0.3) is 0 Å². The minimum Gasteiger partial charge on any atom is -0.444 e. The van der Waals surface area contributed by atoms with Crippen molar-refractivity contribution in [3.05, 3.63) is 60.2 Å². The highest BCUT2D eigenvalue weighted by atomic mass is 16.6. The fourth-order valence-corrected chi connectivity index (χ4v) is 2.08. The van der Waals surface area contributed by atoms with Gasteiger partial charge in [-0.3, -0.25) is 0 Å². The number of carbonyl (C=O) groups is 1. The van der Waals surface area contributed by atoms with Crippen LogP contribution in [0.25, 0.3) is 0 Å². The van der Waals surface area contributed by atoms with E-state index in [9.17, 15) is 4.79 Å². The van der Waals surface area contributed by atoms with Gasteiger partial charge in [-0.05, 0) is 45.0 Å². The minimum absolute atomic E-state index is 0.416. The monoisotopic (exact) mass is 336 g/mol. The first-order chi connectivity index (χ1) is 11.9. The second kappa shape index (κ2) is 8.79. The molecule has 0 saturated heterocycles. The number of ether oxygens (including phenoxy) is 1. The third-order valence-corrected chi connectivity index (χ3v) is 3.12. The molecule has 2 N–H and O–H groups in total. The summed E-state index contributed by atoms with van der Waals surface area (Å²) in [5.74, 6) is 6.24. The molecule has 2 aromatic carbocycles. The van der Waals surface area contributed by atoms with Gasteiger partial charge in [0.05, 0.1) is 5.69 Å². The molecule has 0 aromatic heterocycles. The Labute approximate surface area is 149 Å². The third kappa shape index (κ3) is 7.01. The van der Waals surface area contributed by atoms with Crippen molar-refractivity contribution >= 4 is 17.5 Å². The van der Waals surface area contributed by atoms with E-state index in [-0.39, 0.29) is 0 Å². The highest BCUT2D eigenvalue weighted by molar-refractivity contribution is 5.68. The average Bonchev–Trinajstić information content (AvgIpc) is 2.55. The summed E-state index contributed by atoms with van der Waals surface area (Å²) in [6.45, 7) is 5.96. The molecule has 4 nitrogen and oxygen atoms in total. The zero-order valence-electron chi connectivity index (χ0n) is 14.9. The topological polar surface area (TPSA) is 50.4 Å². The van der Waals surface area contributed by atoms with Crippen molar-refractivity contribution in [3.8, 4) is 11.8 Å². The smallest absolute Gasteiger partial charge is 0.407 e. The minimum atomic E-state index is -0.488. The maximum atomic E-state index is 11.6. The van der Waals surface area contributed by atoms with Gasteiger partial charge in [0.2, 0.25) is 0 Å². The quantitative estimate of drug-likeness (QED) is 0.629. The van der Waals surface area contributed by atoms with Gasteiger partial charge in [0.15, 0.2) is 0 Å². The molecule has 0 heterocycles. The molecule has 25 heavy (non-hydrogen) atoms. The number of nitrogens with one attached hydrogen (secondary N) is 2. The van der Waals surface area contributed by atoms with Crippen LogP contribution >= 0.6 is 0 Å². The van der Waals surface area contributed by atoms with Crippen molar-refractivity contribution in [2.75, 3.05) is 11.9 Å². The van der Waals surface area contributed by atoms with Crippen molar-refractivity contribution in [1.82, 2.24) is 5.32 Å². The van der Waals surface area contributed by atoms with Crippen LogP contribution in [0.4, 0.5) is 16.2 Å². The van der Waals surface area contributed by atoms with Gasteiger partial charge in [0.1, 0.15) is 5.60 Å². The van der Waals surface area contributed by atoms with E-state index < -0.39 is 11.7 Å². The van der Waals surface area contributed by atoms with Crippen LogP contribution in [-0.4, -0.2) is 18.2 Å². The lowest BCUT2D eigenvalue weighted by Crippen LogP contribution is -2.32. The van der Waals surface area contributed by atoms with Crippen LogP contribution in [0.1, 0.15) is 32.8 Å². The fraction of sp³-hybridized carbons (Fsp3) is 0.286. The van der Waals surface area contributed by atoms with Crippen molar-refractivity contribution in [2.45, 2.75) is 32.8 Å². The summed E-state index contributed by atoms with van der Waals surface area (Å²) in [5, 5.41) is 6.07. The van der Waals surface area contributed by atoms with Gasteiger partial charge in [-0.15, -0.1) is 0 Å². The van der Waals surface area contributed by atoms with Gasteiger partial charge in [-0.1, -0.05) is 42.2 Å². The lowest BCUT2D eigenvalue weighted by molar-refractivity contribution is 0.0529. The zero-order valence-corrected chi connectivity index (χ0v) is 14.9. The highest BCUT2D eigenvalue weighted by Crippen LogP contribution is 2.19. The molecule has 2 aromatic rings. The lowest BCUT2D eigenvalue weighted by atomic mass is 10.1. The number of hydrogen-bond acceptors (Lipinski definition) is 3. The molecule has 0 fully saturated rings. The Morgan fingerprint density at radius 3 is 2.44 bits per heavy atom. The number of hydrogen-bond donors (Lipinski definition) is 2. The molecule has 130 valence electrons. The van der Waals surface area contributed by atoms with E-state index in [1.54, 1.807) is 0 Å². The standard InChI is InChI=1S/C21H24N2O2/c1-21(2,3)25-20(24)22-16-10-9-12-17-11-7-8-15-19(17)23-18-13-5-4-6-14-18/h4-8,11,13-15,23H,10,16H2,1-3H3,(H,22,24). The average molecular weight is 336 g/mol. The van der Waals surface area contributed by atoms with Crippen molar-refractivity contribution in [1.29, 1.82) is 0 Å². The summed E-state index contributed by atoms with van der Waals surface area (Å²) in [6.07, 6.45) is 0.138. The number of benzene rings is 2. The van der Waals surface area contributed by atoms with Crippen LogP contribution in [0.3, 0.4) is 0 Å². The Bertz CT molecular complexity index is 753. The SMILES string of the molecule is CC(C)(C)OC(=O)NCCC#Cc1ccccc1Nc1ccccc1. The predicted molar refractivity (Wildman–Crippen MR) is 102 cm³/mol. The molecule has 2 rings (SSSR count). The Kier molecular flexibility index (Phi) is 6.47. The molecule has 4 heteroatoms. The van der Waals surface area contributed by atoms with Crippen molar-refractivity contribution in [3.63, 3.8) is 0 Å². The molecule has 0 unspecified atom stereocenters. The zero-order chi connectivity index (χ0) is 18.1. The van der Waals surface area contributed by atoms with Gasteiger partial charge >= 0.3 is 6.09 Å². The summed E-state index contributed by atoms with van der Waals surface area (Å²) in [5.41, 5.74) is 2.41. The molecule has 0 spiro atoms. The van der Waals surface area contributed by atoms with Crippen LogP contribution in [0.15, 0.2) is 54.6 Å². The molecule has 0 aliphatic rings. The number of rotatable bonds is 4. The summed E-state index contributed by atoms with van der Waals surface area (Å²) in [6, 6.07) is 17.9. The summed E-state index contributed by atoms with van der Waals surface area (Å²) < 4.78 is 5.18. The van der Waals surface area contributed by atoms with Crippen LogP contribution in [0.5, 0.6) is 0 Å². The number of para-hydroxylation sites is 2. The third-order valence-electron chi connectivity index (χ3n) is 3.12. The molecule has 0 aliphatic heterocycles. The number of alkyl carbamates (subject to hydrolysis) is 1. The van der Waals surface area contributed by atoms with Gasteiger partial charge in [0, 0.05) is 24.2 Å². The predicted octanol–water partition coefficient (Wildman–Crippen LogP) is 4.70. The first-order valence-corrected chi connectivity index (χ1v) is 8.31. The Morgan fingerprint density at radius 1 is 1.04 bits per heavy atom. The molecule has 0 radical (unpaired) electrons. The molecular formula is C21H24N2O2. The molecule has 0 aliphatic carbocycles. The fourth-order valence-electron chi connectivity index (χ4n) is 2.08. The van der Waals surface area contributed by atoms with Gasteiger partial charge in [-0.2, -0.15) is 0 Å². The first kappa shape index (κ1) is 18.4. The number of amides is 1. The summed E-state index contributed by atoms with van der Waals surface area (Å²) in [4.78, 5) is 11.6. The van der Waals surface area contributed by atoms with E-state index in [0.717, 1.165) is 16.9 Å². The molecule has 0 atom stereocenters. The summed E-state index contributed by atoms with van der Waals surface area (Å²) >= 11 is 0. The van der Waals surface area contributed by atoms with Crippen LogP contribution in [0.2, 0.25) is 0 Å². The summed E-state index contributed by atoms with van der Waals surface area (Å²) in [7, 11) is 0. The Morgan fingerprint density at radius 2 is 1.72 bits per heavy atom. The largest absolute Gasteiger partial charge is 0.444 e. The molecule has 0 saturated carbocycles. The van der Waals surface area contributed by atoms with Crippen LogP contribution in [0, 0.1) is 11.8 Å². The van der Waals surface area contributed by atoms with E-state index in [4.69, 9.17) is 4.74 Å². The maximum Gasteiger partial charge on any atom is 0.407 e. The molecule has 0 bridgehead atoms. The Hall–Kier alpha value is -2.93. The van der Waals surface area contributed by atoms with Crippen LogP contribution in [-0.2, 0) is 4.74 Å². The first-order valence-electron chi connectivity index (χ1n) is 8.31. The van der Waals surface area contributed by atoms with E-state index >= 15 is 0 Å². The molecular weight excluding hydrogens is 312 g/mol. The Balaban J connectivity index is 1.89. The maximum absolute atomic E-state index is 11.6. The highest BCUT2D eigenvalue weighted by Gasteiger charge is 2.15. The van der Waals surface area contributed by atoms with Crippen LogP contribution < -0.4 is 10.6 Å². The second-order valence-corrected chi connectivity index (χ2v) is 6.52. The number of carbonyl (C=O) groups excluding carboxylic acids is 1. The van der Waals surface area contributed by atoms with Crippen molar-refractivity contribution in [2.24, 2.45) is 0 Å². The van der Waals surface area contributed by atoms with E-state index in [0.29, 0.717) is 13.0 Å². The number of anilines is 2. The van der Waals surface area contributed by atoms with Gasteiger partial charge < -0.3 is 15.4 Å². The molecule has 1 amide bonds. The van der Waals surface area contributed by atoms with E-state index in [2.05, 4.69) is 22.5 Å².